The van der Waals surface area contributed by atoms with Gasteiger partial charge in [-0.25, -0.2) is 4.98 Å². The molecule has 1 aromatic carbocycles. The Hall–Kier alpha value is -3.61. The highest BCUT2D eigenvalue weighted by molar-refractivity contribution is 6.04. The summed E-state index contributed by atoms with van der Waals surface area (Å²) in [5, 5.41) is 5.73. The molecule has 1 amide bonds. The Bertz CT molecular complexity index is 1090. The fourth-order valence-corrected chi connectivity index (χ4v) is 3.66. The van der Waals surface area contributed by atoms with Crippen LogP contribution in [0, 0.1) is 0 Å². The zero-order chi connectivity index (χ0) is 20.9. The molecule has 1 aliphatic rings. The summed E-state index contributed by atoms with van der Waals surface area (Å²) in [6, 6.07) is 12.9. The Morgan fingerprint density at radius 3 is 2.53 bits per heavy atom. The molecule has 4 rings (SSSR count). The smallest absolute Gasteiger partial charge is 0.271 e. The lowest BCUT2D eigenvalue weighted by molar-refractivity contribution is 0.102. The molecule has 1 fully saturated rings. The Morgan fingerprint density at radius 1 is 1.03 bits per heavy atom. The number of rotatable bonds is 5. The maximum Gasteiger partial charge on any atom is 0.271 e. The Balaban J connectivity index is 1.52. The minimum atomic E-state index is -0.347. The van der Waals surface area contributed by atoms with Crippen LogP contribution in [-0.2, 0) is 0 Å². The van der Waals surface area contributed by atoms with Gasteiger partial charge in [0.05, 0.1) is 0 Å². The number of nitrogens with zero attached hydrogens (tertiary/aromatic N) is 2. The molecule has 3 heterocycles. The van der Waals surface area contributed by atoms with Crippen LogP contribution < -0.4 is 21.1 Å². The van der Waals surface area contributed by atoms with Crippen molar-refractivity contribution < 1.29 is 4.79 Å². The third-order valence-corrected chi connectivity index (χ3v) is 5.35. The predicted molar refractivity (Wildman–Crippen MR) is 120 cm³/mol. The Morgan fingerprint density at radius 2 is 1.80 bits per heavy atom. The van der Waals surface area contributed by atoms with Crippen molar-refractivity contribution in [1.29, 1.82) is 0 Å². The van der Waals surface area contributed by atoms with Crippen LogP contribution in [0.3, 0.4) is 0 Å². The van der Waals surface area contributed by atoms with E-state index in [4.69, 9.17) is 0 Å². The molecule has 7 heteroatoms. The number of carbonyl (C=O) groups is 1. The maximum atomic E-state index is 12.7. The molecule has 2 aromatic heterocycles. The summed E-state index contributed by atoms with van der Waals surface area (Å²) in [6.45, 7) is 2.11. The summed E-state index contributed by atoms with van der Waals surface area (Å²) in [5.74, 6) is 0.409. The van der Waals surface area contributed by atoms with Crippen LogP contribution in [0.25, 0.3) is 11.1 Å². The van der Waals surface area contributed by atoms with Crippen molar-refractivity contribution in [1.82, 2.24) is 9.97 Å². The molecule has 0 aliphatic carbocycles. The molecule has 0 radical (unpaired) electrons. The summed E-state index contributed by atoms with van der Waals surface area (Å²) >= 11 is 0. The fraction of sp³-hybridized carbons (Fsp3) is 0.261. The van der Waals surface area contributed by atoms with Crippen LogP contribution in [0.15, 0.2) is 59.7 Å². The van der Waals surface area contributed by atoms with E-state index in [0.29, 0.717) is 5.56 Å². The molecule has 0 saturated carbocycles. The van der Waals surface area contributed by atoms with Crippen LogP contribution >= 0.6 is 0 Å². The van der Waals surface area contributed by atoms with Gasteiger partial charge in [-0.15, -0.1) is 0 Å². The summed E-state index contributed by atoms with van der Waals surface area (Å²) in [5.41, 5.74) is 3.17. The fourth-order valence-electron chi connectivity index (χ4n) is 3.66. The van der Waals surface area contributed by atoms with Gasteiger partial charge in [-0.3, -0.25) is 9.59 Å². The van der Waals surface area contributed by atoms with Gasteiger partial charge < -0.3 is 20.5 Å². The maximum absolute atomic E-state index is 12.7. The summed E-state index contributed by atoms with van der Waals surface area (Å²) in [4.78, 5) is 34.2. The average molecular weight is 403 g/mol. The van der Waals surface area contributed by atoms with E-state index in [1.807, 2.05) is 24.3 Å². The molecular weight excluding hydrogens is 378 g/mol. The van der Waals surface area contributed by atoms with Gasteiger partial charge in [-0.2, -0.15) is 0 Å². The number of hydrogen-bond acceptors (Lipinski definition) is 5. The molecule has 7 nitrogen and oxygen atoms in total. The van der Waals surface area contributed by atoms with E-state index in [1.165, 1.54) is 19.3 Å². The van der Waals surface area contributed by atoms with Gasteiger partial charge in [0.15, 0.2) is 0 Å². The topological polar surface area (TPSA) is 90.1 Å². The van der Waals surface area contributed by atoms with E-state index in [1.54, 1.807) is 37.6 Å². The van der Waals surface area contributed by atoms with Gasteiger partial charge in [-0.1, -0.05) is 0 Å². The number of H-pyrrole nitrogens is 1. The Labute approximate surface area is 175 Å². The largest absolute Gasteiger partial charge is 0.373 e. The second-order valence-corrected chi connectivity index (χ2v) is 7.36. The number of anilines is 3. The van der Waals surface area contributed by atoms with Gasteiger partial charge in [-0.05, 0) is 67.3 Å². The van der Waals surface area contributed by atoms with Gasteiger partial charge in [0.1, 0.15) is 11.5 Å². The highest BCUT2D eigenvalue weighted by atomic mass is 16.2. The zero-order valence-corrected chi connectivity index (χ0v) is 16.9. The minimum absolute atomic E-state index is 0.209. The molecule has 0 bridgehead atoms. The number of nitrogens with one attached hydrogen (secondary N) is 3. The summed E-state index contributed by atoms with van der Waals surface area (Å²) < 4.78 is 0. The first-order valence-corrected chi connectivity index (χ1v) is 10.2. The zero-order valence-electron chi connectivity index (χ0n) is 16.9. The summed E-state index contributed by atoms with van der Waals surface area (Å²) in [6.07, 6.45) is 7.00. The van der Waals surface area contributed by atoms with E-state index in [0.717, 1.165) is 35.7 Å². The molecule has 0 spiro atoms. The van der Waals surface area contributed by atoms with Crippen molar-refractivity contribution in [3.8, 4) is 11.1 Å². The van der Waals surface area contributed by atoms with Gasteiger partial charge >= 0.3 is 0 Å². The third-order valence-electron chi connectivity index (χ3n) is 5.35. The molecule has 1 saturated heterocycles. The molecule has 154 valence electrons. The first-order chi connectivity index (χ1) is 14.6. The minimum Gasteiger partial charge on any atom is -0.373 e. The lowest BCUT2D eigenvalue weighted by Gasteiger charge is -2.28. The van der Waals surface area contributed by atoms with Gasteiger partial charge in [0.2, 0.25) is 0 Å². The number of piperidine rings is 1. The van der Waals surface area contributed by atoms with Gasteiger partial charge in [0.25, 0.3) is 11.5 Å². The van der Waals surface area contributed by atoms with Crippen LogP contribution in [-0.4, -0.2) is 36.0 Å². The molecule has 3 N–H and O–H groups in total. The quantitative estimate of drug-likeness (QED) is 0.604. The molecular formula is C23H25N5O2. The number of aromatic amines is 1. The standard InChI is InChI=1S/C23H25N5O2/c1-24-21-14-17(9-10-25-21)18-13-20(23(30)26-15-18)27-22(29)16-5-7-19(8-6-16)28-11-3-2-4-12-28/h5-10,13-15H,2-4,11-12H2,1H3,(H,24,25)(H,26,30)(H,27,29). The SMILES string of the molecule is CNc1cc(-c2c[nH]c(=O)c(NC(=O)c3ccc(N4CCCCC4)cc3)c2)ccn1. The highest BCUT2D eigenvalue weighted by Gasteiger charge is 2.13. The molecule has 0 atom stereocenters. The van der Waals surface area contributed by atoms with Crippen molar-refractivity contribution in [3.05, 3.63) is 70.8 Å². The molecule has 1 aliphatic heterocycles. The van der Waals surface area contributed by atoms with Crippen molar-refractivity contribution >= 4 is 23.1 Å². The highest BCUT2D eigenvalue weighted by Crippen LogP contribution is 2.23. The van der Waals surface area contributed by atoms with Crippen molar-refractivity contribution in [3.63, 3.8) is 0 Å². The molecule has 30 heavy (non-hydrogen) atoms. The Kier molecular flexibility index (Phi) is 5.79. The number of pyridine rings is 2. The predicted octanol–water partition coefficient (Wildman–Crippen LogP) is 3.72. The first kappa shape index (κ1) is 19.7. The van der Waals surface area contributed by atoms with Gasteiger partial charge in [0, 0.05) is 49.3 Å². The number of aromatic nitrogens is 2. The van der Waals surface area contributed by atoms with E-state index < -0.39 is 0 Å². The monoisotopic (exact) mass is 403 g/mol. The lowest BCUT2D eigenvalue weighted by atomic mass is 10.1. The second kappa shape index (κ2) is 8.82. The normalized spacial score (nSPS) is 13.7. The van der Waals surface area contributed by atoms with Crippen molar-refractivity contribution in [2.24, 2.45) is 0 Å². The number of amides is 1. The third kappa shape index (κ3) is 4.35. The second-order valence-electron chi connectivity index (χ2n) is 7.36. The first-order valence-electron chi connectivity index (χ1n) is 10.2. The van der Waals surface area contributed by atoms with Crippen LogP contribution in [0.5, 0.6) is 0 Å². The van der Waals surface area contributed by atoms with E-state index >= 15 is 0 Å². The number of hydrogen-bond donors (Lipinski definition) is 3. The van der Waals surface area contributed by atoms with E-state index in [9.17, 15) is 9.59 Å². The van der Waals surface area contributed by atoms with Crippen molar-refractivity contribution in [2.45, 2.75) is 19.3 Å². The molecule has 3 aromatic rings. The summed E-state index contributed by atoms with van der Waals surface area (Å²) in [7, 11) is 1.79. The average Bonchev–Trinajstić information content (AvgIpc) is 2.81. The number of carbonyl (C=O) groups excluding carboxylic acids is 1. The number of benzene rings is 1. The molecule has 0 unspecified atom stereocenters. The van der Waals surface area contributed by atoms with Crippen LogP contribution in [0.4, 0.5) is 17.2 Å². The van der Waals surface area contributed by atoms with Crippen LogP contribution in [0.1, 0.15) is 29.6 Å². The van der Waals surface area contributed by atoms with Crippen LogP contribution in [0.2, 0.25) is 0 Å². The van der Waals surface area contributed by atoms with E-state index in [-0.39, 0.29) is 17.2 Å². The van der Waals surface area contributed by atoms with Crippen molar-refractivity contribution in [2.75, 3.05) is 35.7 Å². The lowest BCUT2D eigenvalue weighted by Crippen LogP contribution is -2.29. The van der Waals surface area contributed by atoms with E-state index in [2.05, 4.69) is 25.5 Å².